The summed E-state index contributed by atoms with van der Waals surface area (Å²) in [4.78, 5) is 12.3. The van der Waals surface area contributed by atoms with Crippen molar-refractivity contribution in [3.63, 3.8) is 0 Å². The fraction of sp³-hybridized carbons (Fsp3) is 0.0714. The van der Waals surface area contributed by atoms with E-state index in [-0.39, 0.29) is 0 Å². The van der Waals surface area contributed by atoms with Crippen molar-refractivity contribution in [2.45, 2.75) is 11.6 Å². The third-order valence-corrected chi connectivity index (χ3v) is 7.10. The number of hydrogen-bond acceptors (Lipinski definition) is 3. The first-order valence-electron chi connectivity index (χ1n) is 10.6. The highest BCUT2D eigenvalue weighted by atomic mass is 79.9. The molecule has 0 spiro atoms. The van der Waals surface area contributed by atoms with Crippen molar-refractivity contribution in [3.05, 3.63) is 140 Å². The van der Waals surface area contributed by atoms with Crippen LogP contribution in [0.15, 0.2) is 118 Å². The summed E-state index contributed by atoms with van der Waals surface area (Å²) in [6.07, 6.45) is 0. The van der Waals surface area contributed by atoms with Gasteiger partial charge in [-0.05, 0) is 35.4 Å². The zero-order chi connectivity index (χ0) is 22.5. The molecule has 4 aromatic rings. The number of hydrogen-bond donors (Lipinski definition) is 0. The number of benzene rings is 4. The molecule has 1 saturated heterocycles. The molecule has 6 rings (SSSR count). The Morgan fingerprint density at radius 3 is 1.18 bits per heavy atom. The molecule has 2 bridgehead atoms. The minimum atomic E-state index is -1.21. The van der Waals surface area contributed by atoms with Crippen LogP contribution < -0.4 is 0 Å². The van der Waals surface area contributed by atoms with Gasteiger partial charge in [-0.1, -0.05) is 117 Å². The van der Waals surface area contributed by atoms with E-state index >= 15 is 0 Å². The van der Waals surface area contributed by atoms with E-state index in [4.69, 9.17) is 14.5 Å². The summed E-state index contributed by atoms with van der Waals surface area (Å²) >= 11 is 7.12. The largest absolute Gasteiger partial charge is 0.296 e. The predicted octanol–water partition coefficient (Wildman–Crippen LogP) is 7.82. The van der Waals surface area contributed by atoms with Crippen LogP contribution in [-0.2, 0) is 26.1 Å². The molecule has 2 atom stereocenters. The number of ether oxygens (including phenoxy) is 1. The van der Waals surface area contributed by atoms with Crippen LogP contribution in [0.25, 0.3) is 11.1 Å². The molecule has 0 radical (unpaired) electrons. The van der Waals surface area contributed by atoms with Gasteiger partial charge in [0.1, 0.15) is 0 Å². The molecule has 0 aliphatic carbocycles. The van der Waals surface area contributed by atoms with Crippen LogP contribution in [0.5, 0.6) is 0 Å². The summed E-state index contributed by atoms with van der Waals surface area (Å²) in [6.45, 7) is 0. The summed E-state index contributed by atoms with van der Waals surface area (Å²) in [5, 5.41) is 0. The van der Waals surface area contributed by atoms with E-state index in [1.165, 1.54) is 0 Å². The van der Waals surface area contributed by atoms with Gasteiger partial charge in [0.2, 0.25) is 0 Å². The molecule has 3 nitrogen and oxygen atoms in total. The van der Waals surface area contributed by atoms with Crippen molar-refractivity contribution < 1.29 is 14.5 Å². The maximum atomic E-state index is 6.87. The Kier molecular flexibility index (Phi) is 5.13. The third kappa shape index (κ3) is 3.27. The Bertz CT molecular complexity index is 1230. The zero-order valence-corrected chi connectivity index (χ0v) is 20.5. The molecular weight excluding hydrogens is 544 g/mol. The summed E-state index contributed by atoms with van der Waals surface area (Å²) in [6, 6.07) is 36.4. The van der Waals surface area contributed by atoms with Crippen LogP contribution in [-0.4, -0.2) is 0 Å². The van der Waals surface area contributed by atoms with Crippen LogP contribution in [0.4, 0.5) is 0 Å². The fourth-order valence-electron chi connectivity index (χ4n) is 4.59. The summed E-state index contributed by atoms with van der Waals surface area (Å²) < 4.78 is 8.88. The topological polar surface area (TPSA) is 27.7 Å². The van der Waals surface area contributed by atoms with Gasteiger partial charge in [-0.3, -0.25) is 4.74 Å². The molecule has 2 heterocycles. The normalized spacial score (nSPS) is 23.8. The minimum Gasteiger partial charge on any atom is -0.296 e. The first kappa shape index (κ1) is 21.0. The van der Waals surface area contributed by atoms with Crippen LogP contribution in [0, 0.1) is 0 Å². The van der Waals surface area contributed by atoms with Crippen molar-refractivity contribution in [2.75, 3.05) is 0 Å². The molecule has 162 valence electrons. The second kappa shape index (κ2) is 8.05. The maximum absolute atomic E-state index is 6.87. The Balaban J connectivity index is 1.71. The molecule has 0 aromatic heterocycles. The lowest BCUT2D eigenvalue weighted by molar-refractivity contribution is -0.339. The van der Waals surface area contributed by atoms with Gasteiger partial charge in [0.15, 0.2) is 0 Å². The highest BCUT2D eigenvalue weighted by molar-refractivity contribution is 9.10. The van der Waals surface area contributed by atoms with Gasteiger partial charge in [-0.15, -0.1) is 0 Å². The Morgan fingerprint density at radius 2 is 0.818 bits per heavy atom. The average molecular weight is 562 g/mol. The molecule has 2 aliphatic rings. The van der Waals surface area contributed by atoms with Crippen molar-refractivity contribution in [2.24, 2.45) is 0 Å². The zero-order valence-electron chi connectivity index (χ0n) is 17.4. The molecule has 2 aliphatic heterocycles. The quantitative estimate of drug-likeness (QED) is 0.238. The summed E-state index contributed by atoms with van der Waals surface area (Å²) in [5.74, 6) is -2.43. The van der Waals surface area contributed by atoms with Crippen molar-refractivity contribution in [1.29, 1.82) is 0 Å². The summed E-state index contributed by atoms with van der Waals surface area (Å²) in [5.41, 5.74) is 5.60. The Labute approximate surface area is 208 Å². The minimum absolute atomic E-state index is 0.868. The first-order chi connectivity index (χ1) is 16.1. The maximum Gasteiger partial charge on any atom is 0.258 e. The lowest BCUT2D eigenvalue weighted by Crippen LogP contribution is -2.28. The van der Waals surface area contributed by atoms with E-state index in [0.29, 0.717) is 0 Å². The predicted molar refractivity (Wildman–Crippen MR) is 135 cm³/mol. The average Bonchev–Trinajstić information content (AvgIpc) is 3.41. The van der Waals surface area contributed by atoms with Crippen molar-refractivity contribution in [1.82, 2.24) is 0 Å². The number of fused-ring (bicyclic) bond motifs is 2. The van der Waals surface area contributed by atoms with E-state index in [1.807, 2.05) is 84.9 Å². The fourth-order valence-corrected chi connectivity index (χ4v) is 5.12. The van der Waals surface area contributed by atoms with Crippen LogP contribution in [0.1, 0.15) is 22.3 Å². The van der Waals surface area contributed by atoms with Crippen LogP contribution in [0.3, 0.4) is 0 Å². The van der Waals surface area contributed by atoms with Gasteiger partial charge in [-0.2, -0.15) is 9.78 Å². The molecule has 33 heavy (non-hydrogen) atoms. The highest BCUT2D eigenvalue weighted by Crippen LogP contribution is 2.65. The third-order valence-electron chi connectivity index (χ3n) is 6.05. The number of rotatable bonds is 4. The Morgan fingerprint density at radius 1 is 0.455 bits per heavy atom. The van der Waals surface area contributed by atoms with Gasteiger partial charge < -0.3 is 0 Å². The van der Waals surface area contributed by atoms with Crippen LogP contribution >= 0.6 is 31.9 Å². The van der Waals surface area contributed by atoms with E-state index in [2.05, 4.69) is 56.1 Å². The van der Waals surface area contributed by atoms with E-state index in [9.17, 15) is 0 Å². The van der Waals surface area contributed by atoms with Gasteiger partial charge in [0.25, 0.3) is 11.6 Å². The molecule has 1 fully saturated rings. The molecule has 0 amide bonds. The van der Waals surface area contributed by atoms with Crippen molar-refractivity contribution >= 4 is 43.0 Å². The second-order valence-corrected chi connectivity index (χ2v) is 9.83. The van der Waals surface area contributed by atoms with Gasteiger partial charge in [-0.25, -0.2) is 0 Å². The lowest BCUT2D eigenvalue weighted by Gasteiger charge is -2.29. The molecule has 4 aromatic carbocycles. The van der Waals surface area contributed by atoms with E-state index < -0.39 is 11.6 Å². The smallest absolute Gasteiger partial charge is 0.258 e. The van der Waals surface area contributed by atoms with Crippen molar-refractivity contribution in [3.8, 4) is 0 Å². The first-order valence-corrected chi connectivity index (χ1v) is 12.2. The Hall–Kier alpha value is -2.54. The standard InChI is InChI=1S/C28H18Br2O3/c29-23-15-11-19(12-16-23)25-26(20-13-17-24(30)18-14-20)28(22-9-5-2-6-10-22)31-27(25,32-33-28)21-7-3-1-4-8-21/h1-18H. The SMILES string of the molecule is Brc1ccc(C2=C(c3ccc(Br)cc3)C3(c4ccccc4)OOC2(c2ccccc2)O3)cc1. The van der Waals surface area contributed by atoms with Gasteiger partial charge in [0, 0.05) is 31.2 Å². The number of halogens is 2. The van der Waals surface area contributed by atoms with E-state index in [1.54, 1.807) is 0 Å². The monoisotopic (exact) mass is 560 g/mol. The molecule has 5 heteroatoms. The molecule has 0 saturated carbocycles. The van der Waals surface area contributed by atoms with Gasteiger partial charge >= 0.3 is 0 Å². The van der Waals surface area contributed by atoms with Gasteiger partial charge in [0.05, 0.1) is 0 Å². The van der Waals surface area contributed by atoms with E-state index in [0.717, 1.165) is 42.3 Å². The van der Waals surface area contributed by atoms with Crippen LogP contribution in [0.2, 0.25) is 0 Å². The lowest BCUT2D eigenvalue weighted by atomic mass is 9.83. The highest BCUT2D eigenvalue weighted by Gasteiger charge is 2.67. The molecular formula is C28H18Br2O3. The summed E-state index contributed by atoms with van der Waals surface area (Å²) in [7, 11) is 0. The molecule has 2 unspecified atom stereocenters. The second-order valence-electron chi connectivity index (χ2n) is 8.00. The molecule has 0 N–H and O–H groups in total.